The lowest BCUT2D eigenvalue weighted by Gasteiger charge is -2.37. The maximum absolute atomic E-state index is 2.57. The van der Waals surface area contributed by atoms with Gasteiger partial charge in [0.15, 0.2) is 0 Å². The minimum Gasteiger partial charge on any atom is -0.303 e. The lowest BCUT2D eigenvalue weighted by atomic mass is 9.71. The van der Waals surface area contributed by atoms with Gasteiger partial charge in [-0.1, -0.05) is 54.1 Å². The molecule has 0 radical (unpaired) electrons. The Labute approximate surface area is 127 Å². The van der Waals surface area contributed by atoms with Gasteiger partial charge in [0.2, 0.25) is 0 Å². The molecule has 4 rings (SSSR count). The van der Waals surface area contributed by atoms with Crippen molar-refractivity contribution in [2.75, 3.05) is 13.6 Å². The Morgan fingerprint density at radius 1 is 1.00 bits per heavy atom. The highest BCUT2D eigenvalue weighted by Crippen LogP contribution is 2.47. The van der Waals surface area contributed by atoms with E-state index in [0.29, 0.717) is 12.0 Å². The number of likely N-dealkylation sites (tertiary alicyclic amines) is 1. The zero-order valence-corrected chi connectivity index (χ0v) is 12.9. The molecule has 0 amide bonds. The monoisotopic (exact) mass is 277 g/mol. The molecule has 2 aliphatic rings. The number of likely N-dealkylation sites (N-methyl/N-ethyl adjacent to an activating group) is 1. The molecule has 1 heteroatoms. The quantitative estimate of drug-likeness (QED) is 0.750. The van der Waals surface area contributed by atoms with Gasteiger partial charge < -0.3 is 4.90 Å². The van der Waals surface area contributed by atoms with Crippen molar-refractivity contribution in [3.8, 4) is 0 Å². The summed E-state index contributed by atoms with van der Waals surface area (Å²) in [6.07, 6.45) is 2.58. The van der Waals surface area contributed by atoms with E-state index in [9.17, 15) is 0 Å². The van der Waals surface area contributed by atoms with Gasteiger partial charge in [0.25, 0.3) is 0 Å². The molecule has 21 heavy (non-hydrogen) atoms. The van der Waals surface area contributed by atoms with E-state index in [1.807, 2.05) is 0 Å². The standard InChI is InChI=1S/C20H23N/c1-14-6-5-7-15(12-14)19-13-20-18(10-11-21(20)2)16-8-3-4-9-17(16)19/h3-9,12,18-20H,10-11,13H2,1-2H3/t18?,19?,20-/m0/s1. The minimum atomic E-state index is 0.558. The average molecular weight is 277 g/mol. The van der Waals surface area contributed by atoms with Gasteiger partial charge in [-0.2, -0.15) is 0 Å². The molecule has 108 valence electrons. The Hall–Kier alpha value is -1.60. The van der Waals surface area contributed by atoms with Crippen molar-refractivity contribution < 1.29 is 0 Å². The van der Waals surface area contributed by atoms with E-state index >= 15 is 0 Å². The molecule has 0 bridgehead atoms. The first kappa shape index (κ1) is 13.1. The van der Waals surface area contributed by atoms with Gasteiger partial charge >= 0.3 is 0 Å². The van der Waals surface area contributed by atoms with E-state index in [-0.39, 0.29) is 0 Å². The van der Waals surface area contributed by atoms with E-state index < -0.39 is 0 Å². The summed E-state index contributed by atoms with van der Waals surface area (Å²) in [6.45, 7) is 3.44. The summed E-state index contributed by atoms with van der Waals surface area (Å²) in [7, 11) is 2.30. The molecule has 1 heterocycles. The number of benzene rings is 2. The van der Waals surface area contributed by atoms with Crippen LogP contribution in [0.4, 0.5) is 0 Å². The Bertz CT molecular complexity index is 660. The van der Waals surface area contributed by atoms with E-state index in [1.165, 1.54) is 30.5 Å². The van der Waals surface area contributed by atoms with Gasteiger partial charge in [-0.3, -0.25) is 0 Å². The molecule has 1 fully saturated rings. The lowest BCUT2D eigenvalue weighted by Crippen LogP contribution is -2.34. The maximum atomic E-state index is 2.57. The molecule has 2 aromatic carbocycles. The molecular formula is C20H23N. The molecule has 2 unspecified atom stereocenters. The summed E-state index contributed by atoms with van der Waals surface area (Å²) >= 11 is 0. The second kappa shape index (κ2) is 4.99. The normalized spacial score (nSPS) is 28.2. The largest absolute Gasteiger partial charge is 0.303 e. The summed E-state index contributed by atoms with van der Waals surface area (Å²) < 4.78 is 0. The van der Waals surface area contributed by atoms with Gasteiger partial charge in [-0.25, -0.2) is 0 Å². The van der Waals surface area contributed by atoms with Crippen LogP contribution in [0.3, 0.4) is 0 Å². The second-order valence-electron chi connectivity index (χ2n) is 6.77. The molecule has 0 N–H and O–H groups in total. The summed E-state index contributed by atoms with van der Waals surface area (Å²) in [5, 5.41) is 0. The molecule has 3 atom stereocenters. The van der Waals surface area contributed by atoms with Crippen LogP contribution in [0.5, 0.6) is 0 Å². The van der Waals surface area contributed by atoms with Crippen molar-refractivity contribution in [1.82, 2.24) is 4.90 Å². The van der Waals surface area contributed by atoms with E-state index in [0.717, 1.165) is 5.92 Å². The fourth-order valence-corrected chi connectivity index (χ4v) is 4.45. The molecule has 1 saturated heterocycles. The van der Waals surface area contributed by atoms with Crippen molar-refractivity contribution in [3.05, 3.63) is 70.8 Å². The van der Waals surface area contributed by atoms with E-state index in [4.69, 9.17) is 0 Å². The van der Waals surface area contributed by atoms with Crippen molar-refractivity contribution in [2.45, 2.75) is 37.6 Å². The topological polar surface area (TPSA) is 3.24 Å². The molecule has 0 aromatic heterocycles. The average Bonchev–Trinajstić information content (AvgIpc) is 2.88. The number of hydrogen-bond acceptors (Lipinski definition) is 1. The van der Waals surface area contributed by atoms with Crippen LogP contribution in [-0.2, 0) is 0 Å². The van der Waals surface area contributed by atoms with Gasteiger partial charge in [0.05, 0.1) is 0 Å². The highest BCUT2D eigenvalue weighted by molar-refractivity contribution is 5.44. The Morgan fingerprint density at radius 2 is 1.81 bits per heavy atom. The van der Waals surface area contributed by atoms with Crippen molar-refractivity contribution in [1.29, 1.82) is 0 Å². The number of nitrogens with zero attached hydrogens (tertiary/aromatic N) is 1. The predicted octanol–water partition coefficient (Wildman–Crippen LogP) is 4.32. The van der Waals surface area contributed by atoms with Gasteiger partial charge in [-0.05, 0) is 50.0 Å². The minimum absolute atomic E-state index is 0.558. The summed E-state index contributed by atoms with van der Waals surface area (Å²) in [4.78, 5) is 2.57. The third-order valence-corrected chi connectivity index (χ3v) is 5.52. The zero-order chi connectivity index (χ0) is 14.4. The maximum Gasteiger partial charge on any atom is 0.0170 e. The first-order valence-corrected chi connectivity index (χ1v) is 8.09. The van der Waals surface area contributed by atoms with E-state index in [2.05, 4.69) is 67.4 Å². The molecular weight excluding hydrogens is 254 g/mol. The fourth-order valence-electron chi connectivity index (χ4n) is 4.45. The Morgan fingerprint density at radius 3 is 2.62 bits per heavy atom. The lowest BCUT2D eigenvalue weighted by molar-refractivity contribution is 0.265. The summed E-state index contributed by atoms with van der Waals surface area (Å²) in [6, 6.07) is 18.9. The first-order valence-electron chi connectivity index (χ1n) is 8.09. The molecule has 2 aromatic rings. The fraction of sp³-hybridized carbons (Fsp3) is 0.400. The predicted molar refractivity (Wildman–Crippen MR) is 87.9 cm³/mol. The molecule has 1 aliphatic carbocycles. The SMILES string of the molecule is Cc1cccc(C2C[C@H]3C(CCN3C)c3ccccc32)c1. The van der Waals surface area contributed by atoms with Crippen LogP contribution >= 0.6 is 0 Å². The zero-order valence-electron chi connectivity index (χ0n) is 12.9. The Kier molecular flexibility index (Phi) is 3.11. The van der Waals surface area contributed by atoms with E-state index in [1.54, 1.807) is 11.1 Å². The number of fused-ring (bicyclic) bond motifs is 3. The number of hydrogen-bond donors (Lipinski definition) is 0. The smallest absolute Gasteiger partial charge is 0.0170 e. The third kappa shape index (κ3) is 2.11. The molecule has 1 aliphatic heterocycles. The summed E-state index contributed by atoms with van der Waals surface area (Å²) in [5.41, 5.74) is 6.03. The van der Waals surface area contributed by atoms with Gasteiger partial charge in [0.1, 0.15) is 0 Å². The van der Waals surface area contributed by atoms with Crippen LogP contribution in [0.1, 0.15) is 46.9 Å². The highest BCUT2D eigenvalue weighted by atomic mass is 15.2. The Balaban J connectivity index is 1.83. The molecule has 0 spiro atoms. The van der Waals surface area contributed by atoms with Crippen LogP contribution < -0.4 is 0 Å². The third-order valence-electron chi connectivity index (χ3n) is 5.52. The van der Waals surface area contributed by atoms with Crippen LogP contribution in [0.2, 0.25) is 0 Å². The van der Waals surface area contributed by atoms with Crippen LogP contribution in [0.15, 0.2) is 48.5 Å². The van der Waals surface area contributed by atoms with Crippen LogP contribution in [-0.4, -0.2) is 24.5 Å². The number of rotatable bonds is 1. The first-order chi connectivity index (χ1) is 10.2. The second-order valence-corrected chi connectivity index (χ2v) is 6.77. The molecule has 1 nitrogen and oxygen atoms in total. The van der Waals surface area contributed by atoms with Gasteiger partial charge in [-0.15, -0.1) is 0 Å². The van der Waals surface area contributed by atoms with Crippen molar-refractivity contribution in [2.24, 2.45) is 0 Å². The van der Waals surface area contributed by atoms with Gasteiger partial charge in [0, 0.05) is 17.9 Å². The van der Waals surface area contributed by atoms with Crippen LogP contribution in [0, 0.1) is 6.92 Å². The number of aryl methyl sites for hydroxylation is 1. The van der Waals surface area contributed by atoms with Crippen molar-refractivity contribution >= 4 is 0 Å². The van der Waals surface area contributed by atoms with Crippen LogP contribution in [0.25, 0.3) is 0 Å². The highest BCUT2D eigenvalue weighted by Gasteiger charge is 2.40. The molecule has 0 saturated carbocycles. The summed E-state index contributed by atoms with van der Waals surface area (Å²) in [5.74, 6) is 1.30. The van der Waals surface area contributed by atoms with Crippen molar-refractivity contribution in [3.63, 3.8) is 0 Å².